The fourth-order valence-electron chi connectivity index (χ4n) is 4.21. The molecule has 0 bridgehead atoms. The van der Waals surface area contributed by atoms with E-state index in [1.54, 1.807) is 24.5 Å². The van der Waals surface area contributed by atoms with Crippen LogP contribution in [-0.4, -0.2) is 59.0 Å². The number of hydrogen-bond donors (Lipinski definition) is 0. The summed E-state index contributed by atoms with van der Waals surface area (Å²) in [6.07, 6.45) is 7.97. The number of ether oxygens (including phenoxy) is 1. The maximum Gasteiger partial charge on any atom is 0.253 e. The number of halogens is 1. The summed E-state index contributed by atoms with van der Waals surface area (Å²) in [5.74, 6) is 0.992. The number of hydrogen-bond acceptors (Lipinski definition) is 4. The van der Waals surface area contributed by atoms with Crippen molar-refractivity contribution in [1.29, 1.82) is 0 Å². The summed E-state index contributed by atoms with van der Waals surface area (Å²) in [5, 5.41) is 0.609. The van der Waals surface area contributed by atoms with Gasteiger partial charge in [-0.05, 0) is 56.0 Å². The third-order valence-corrected chi connectivity index (χ3v) is 6.00. The van der Waals surface area contributed by atoms with Gasteiger partial charge in [0.15, 0.2) is 0 Å². The van der Waals surface area contributed by atoms with Crippen LogP contribution in [0.2, 0.25) is 5.02 Å². The van der Waals surface area contributed by atoms with Gasteiger partial charge in [-0.1, -0.05) is 17.7 Å². The maximum atomic E-state index is 12.7. The van der Waals surface area contributed by atoms with Crippen LogP contribution in [0, 0.1) is 0 Å². The summed E-state index contributed by atoms with van der Waals surface area (Å²) in [5.41, 5.74) is 0.681. The Kier molecular flexibility index (Phi) is 6.13. The molecular weight excluding hydrogens is 374 g/mol. The number of pyridine rings is 1. The molecule has 1 aromatic carbocycles. The number of nitrogens with zero attached hydrogens (tertiary/aromatic N) is 3. The van der Waals surface area contributed by atoms with E-state index < -0.39 is 0 Å². The molecule has 1 amide bonds. The van der Waals surface area contributed by atoms with Gasteiger partial charge in [0.2, 0.25) is 0 Å². The van der Waals surface area contributed by atoms with Gasteiger partial charge in [-0.2, -0.15) is 0 Å². The molecule has 6 heteroatoms. The van der Waals surface area contributed by atoms with E-state index in [9.17, 15) is 4.79 Å². The monoisotopic (exact) mass is 399 g/mol. The Hall–Kier alpha value is -2.11. The molecule has 0 radical (unpaired) electrons. The minimum absolute atomic E-state index is 0.0883. The van der Waals surface area contributed by atoms with E-state index in [1.165, 1.54) is 0 Å². The van der Waals surface area contributed by atoms with Crippen molar-refractivity contribution < 1.29 is 9.53 Å². The fourth-order valence-corrected chi connectivity index (χ4v) is 4.40. The molecule has 0 aliphatic carbocycles. The number of carbonyl (C=O) groups is 1. The summed E-state index contributed by atoms with van der Waals surface area (Å²) in [7, 11) is 0. The Labute approximate surface area is 171 Å². The van der Waals surface area contributed by atoms with Gasteiger partial charge < -0.3 is 9.64 Å². The largest absolute Gasteiger partial charge is 0.490 e. The Morgan fingerprint density at radius 2 is 1.71 bits per heavy atom. The third kappa shape index (κ3) is 4.65. The molecule has 28 heavy (non-hydrogen) atoms. The first-order valence-electron chi connectivity index (χ1n) is 10.0. The lowest BCUT2D eigenvalue weighted by molar-refractivity contribution is 0.0425. The van der Waals surface area contributed by atoms with Gasteiger partial charge in [0, 0.05) is 55.2 Å². The molecule has 2 fully saturated rings. The van der Waals surface area contributed by atoms with Gasteiger partial charge in [-0.25, -0.2) is 0 Å². The van der Waals surface area contributed by atoms with Crippen molar-refractivity contribution in [2.45, 2.75) is 37.8 Å². The zero-order valence-corrected chi connectivity index (χ0v) is 16.7. The summed E-state index contributed by atoms with van der Waals surface area (Å²) >= 11 is 6.02. The van der Waals surface area contributed by atoms with E-state index in [4.69, 9.17) is 16.3 Å². The van der Waals surface area contributed by atoms with Crippen LogP contribution in [0.5, 0.6) is 5.75 Å². The molecule has 2 aliphatic rings. The maximum absolute atomic E-state index is 12.7. The quantitative estimate of drug-likeness (QED) is 0.782. The SMILES string of the molecule is O=C(c1cccc(Cl)c1)N1CCC(N2CCC(Oc3ccncc3)CC2)CC1. The number of amides is 1. The standard InChI is InChI=1S/C22H26ClN3O2/c23-18-3-1-2-17(16-18)22(27)26-12-6-19(7-13-26)25-14-8-21(9-15-25)28-20-4-10-24-11-5-20/h1-5,10-11,16,19,21H,6-9,12-15H2. The smallest absolute Gasteiger partial charge is 0.253 e. The highest BCUT2D eigenvalue weighted by molar-refractivity contribution is 6.30. The second-order valence-electron chi connectivity index (χ2n) is 7.57. The van der Waals surface area contributed by atoms with Gasteiger partial charge in [0.1, 0.15) is 11.9 Å². The van der Waals surface area contributed by atoms with Gasteiger partial charge in [0.05, 0.1) is 0 Å². The van der Waals surface area contributed by atoms with E-state index >= 15 is 0 Å². The molecule has 0 atom stereocenters. The number of aromatic nitrogens is 1. The number of piperidine rings is 2. The van der Waals surface area contributed by atoms with E-state index in [1.807, 2.05) is 29.2 Å². The molecule has 2 saturated heterocycles. The van der Waals surface area contributed by atoms with Crippen LogP contribution < -0.4 is 4.74 Å². The van der Waals surface area contributed by atoms with Crippen LogP contribution in [0.4, 0.5) is 0 Å². The first-order chi connectivity index (χ1) is 13.7. The Morgan fingerprint density at radius 1 is 1.00 bits per heavy atom. The Bertz CT molecular complexity index is 785. The van der Waals surface area contributed by atoms with Crippen molar-refractivity contribution >= 4 is 17.5 Å². The minimum Gasteiger partial charge on any atom is -0.490 e. The molecule has 2 aromatic rings. The van der Waals surface area contributed by atoms with Crippen molar-refractivity contribution in [2.24, 2.45) is 0 Å². The number of likely N-dealkylation sites (tertiary alicyclic amines) is 2. The summed E-state index contributed by atoms with van der Waals surface area (Å²) in [6.45, 7) is 3.73. The summed E-state index contributed by atoms with van der Waals surface area (Å²) in [4.78, 5) is 21.3. The molecule has 0 unspecified atom stereocenters. The van der Waals surface area contributed by atoms with Crippen molar-refractivity contribution in [3.05, 3.63) is 59.4 Å². The van der Waals surface area contributed by atoms with Gasteiger partial charge >= 0.3 is 0 Å². The molecule has 0 spiro atoms. The van der Waals surface area contributed by atoms with Crippen molar-refractivity contribution in [2.75, 3.05) is 26.2 Å². The second kappa shape index (κ2) is 8.93. The molecule has 2 aliphatic heterocycles. The molecule has 148 valence electrons. The Balaban J connectivity index is 1.24. The van der Waals surface area contributed by atoms with Gasteiger partial charge in [-0.15, -0.1) is 0 Å². The minimum atomic E-state index is 0.0883. The molecule has 3 heterocycles. The fraction of sp³-hybridized carbons (Fsp3) is 0.455. The van der Waals surface area contributed by atoms with Crippen LogP contribution in [0.3, 0.4) is 0 Å². The van der Waals surface area contributed by atoms with Crippen LogP contribution in [0.15, 0.2) is 48.8 Å². The summed E-state index contributed by atoms with van der Waals surface area (Å²) in [6, 6.07) is 11.6. The molecule has 1 aromatic heterocycles. The van der Waals surface area contributed by atoms with Gasteiger partial charge in [-0.3, -0.25) is 14.7 Å². The number of carbonyl (C=O) groups excluding carboxylic acids is 1. The van der Waals surface area contributed by atoms with Crippen LogP contribution in [0.1, 0.15) is 36.0 Å². The van der Waals surface area contributed by atoms with E-state index in [-0.39, 0.29) is 12.0 Å². The van der Waals surface area contributed by atoms with Crippen LogP contribution >= 0.6 is 11.6 Å². The Morgan fingerprint density at radius 3 is 2.39 bits per heavy atom. The average molecular weight is 400 g/mol. The highest BCUT2D eigenvalue weighted by atomic mass is 35.5. The summed E-state index contributed by atoms with van der Waals surface area (Å²) < 4.78 is 6.07. The molecular formula is C22H26ClN3O2. The highest BCUT2D eigenvalue weighted by Crippen LogP contribution is 2.24. The van der Waals surface area contributed by atoms with Crippen molar-refractivity contribution in [1.82, 2.24) is 14.8 Å². The zero-order valence-electron chi connectivity index (χ0n) is 16.0. The molecule has 0 N–H and O–H groups in total. The average Bonchev–Trinajstić information content (AvgIpc) is 2.75. The lowest BCUT2D eigenvalue weighted by Crippen LogP contribution is -2.50. The van der Waals surface area contributed by atoms with Crippen LogP contribution in [-0.2, 0) is 0 Å². The second-order valence-corrected chi connectivity index (χ2v) is 8.01. The predicted molar refractivity (Wildman–Crippen MR) is 110 cm³/mol. The topological polar surface area (TPSA) is 45.7 Å². The predicted octanol–water partition coefficient (Wildman–Crippen LogP) is 3.88. The zero-order chi connectivity index (χ0) is 19.3. The highest BCUT2D eigenvalue weighted by Gasteiger charge is 2.30. The van der Waals surface area contributed by atoms with Crippen molar-refractivity contribution in [3.8, 4) is 5.75 Å². The lowest BCUT2D eigenvalue weighted by Gasteiger charge is -2.41. The molecule has 0 saturated carbocycles. The number of rotatable bonds is 4. The molecule has 4 rings (SSSR count). The first kappa shape index (κ1) is 19.2. The first-order valence-corrected chi connectivity index (χ1v) is 10.4. The lowest BCUT2D eigenvalue weighted by atomic mass is 9.98. The normalized spacial score (nSPS) is 19.5. The third-order valence-electron chi connectivity index (χ3n) is 5.77. The van der Waals surface area contributed by atoms with E-state index in [0.717, 1.165) is 57.6 Å². The van der Waals surface area contributed by atoms with E-state index in [2.05, 4.69) is 9.88 Å². The van der Waals surface area contributed by atoms with Crippen molar-refractivity contribution in [3.63, 3.8) is 0 Å². The number of benzene rings is 1. The van der Waals surface area contributed by atoms with E-state index in [0.29, 0.717) is 16.6 Å². The molecule has 5 nitrogen and oxygen atoms in total. The van der Waals surface area contributed by atoms with Crippen LogP contribution in [0.25, 0.3) is 0 Å². The van der Waals surface area contributed by atoms with Gasteiger partial charge in [0.25, 0.3) is 5.91 Å².